The lowest BCUT2D eigenvalue weighted by Gasteiger charge is -2.09. The molecule has 0 unspecified atom stereocenters. The van der Waals surface area contributed by atoms with Gasteiger partial charge in [0.1, 0.15) is 5.82 Å². The number of aliphatic hydroxyl groups is 1. The van der Waals surface area contributed by atoms with Crippen molar-refractivity contribution in [1.82, 2.24) is 4.98 Å². The zero-order valence-electron chi connectivity index (χ0n) is 9.12. The number of aromatic nitrogens is 1. The number of nitrogens with zero attached hydrogens (tertiary/aromatic N) is 1. The van der Waals surface area contributed by atoms with Gasteiger partial charge in [-0.15, -0.1) is 0 Å². The van der Waals surface area contributed by atoms with Crippen LogP contribution in [0.3, 0.4) is 0 Å². The first kappa shape index (κ1) is 13.4. The Morgan fingerprint density at radius 2 is 1.72 bits per heavy atom. The summed E-state index contributed by atoms with van der Waals surface area (Å²) in [5, 5.41) is 10.3. The van der Waals surface area contributed by atoms with Gasteiger partial charge in [0.05, 0.1) is 27.4 Å². The molecule has 0 aliphatic heterocycles. The van der Waals surface area contributed by atoms with Crippen LogP contribution in [0.1, 0.15) is 5.69 Å². The molecule has 3 nitrogen and oxygen atoms in total. The van der Waals surface area contributed by atoms with Crippen molar-refractivity contribution >= 4 is 40.6 Å². The third kappa shape index (κ3) is 2.54. The van der Waals surface area contributed by atoms with Crippen LogP contribution < -0.4 is 5.73 Å². The molecule has 18 heavy (non-hydrogen) atoms. The van der Waals surface area contributed by atoms with E-state index in [1.54, 1.807) is 24.3 Å². The molecule has 0 spiro atoms. The minimum atomic E-state index is -0.224. The van der Waals surface area contributed by atoms with Crippen molar-refractivity contribution in [2.45, 2.75) is 6.61 Å². The molecule has 6 heteroatoms. The molecule has 1 heterocycles. The highest BCUT2D eigenvalue weighted by atomic mass is 35.5. The van der Waals surface area contributed by atoms with E-state index in [1.165, 1.54) is 0 Å². The van der Waals surface area contributed by atoms with E-state index in [4.69, 9.17) is 40.5 Å². The molecule has 0 aliphatic rings. The molecule has 2 rings (SSSR count). The van der Waals surface area contributed by atoms with E-state index < -0.39 is 0 Å². The molecule has 1 aromatic heterocycles. The van der Waals surface area contributed by atoms with Crippen molar-refractivity contribution in [3.63, 3.8) is 0 Å². The third-order valence-electron chi connectivity index (χ3n) is 2.44. The molecule has 0 radical (unpaired) electrons. The van der Waals surface area contributed by atoms with E-state index in [1.807, 2.05) is 0 Å². The number of rotatable bonds is 2. The lowest BCUT2D eigenvalue weighted by Crippen LogP contribution is -1.98. The standard InChI is InChI=1S/C12H9Cl3N2O/c13-8-3-6(4-9(14)12(8)15)7-1-2-11(16)17-10(7)5-18/h1-4,18H,5H2,(H2,16,17). The summed E-state index contributed by atoms with van der Waals surface area (Å²) in [4.78, 5) is 4.06. The van der Waals surface area contributed by atoms with Crippen molar-refractivity contribution in [2.24, 2.45) is 0 Å². The van der Waals surface area contributed by atoms with Gasteiger partial charge in [0.25, 0.3) is 0 Å². The van der Waals surface area contributed by atoms with Crippen molar-refractivity contribution in [3.05, 3.63) is 45.0 Å². The summed E-state index contributed by atoms with van der Waals surface area (Å²) in [6, 6.07) is 6.74. The number of nitrogen functional groups attached to an aromatic ring is 1. The summed E-state index contributed by atoms with van der Waals surface area (Å²) in [7, 11) is 0. The smallest absolute Gasteiger partial charge is 0.123 e. The molecule has 0 aliphatic carbocycles. The zero-order valence-corrected chi connectivity index (χ0v) is 11.4. The SMILES string of the molecule is Nc1ccc(-c2cc(Cl)c(Cl)c(Cl)c2)c(CO)n1. The Morgan fingerprint density at radius 1 is 1.11 bits per heavy atom. The van der Waals surface area contributed by atoms with Crippen LogP contribution in [0.25, 0.3) is 11.1 Å². The van der Waals surface area contributed by atoms with Gasteiger partial charge in [0, 0.05) is 5.56 Å². The van der Waals surface area contributed by atoms with Gasteiger partial charge in [0.15, 0.2) is 0 Å². The van der Waals surface area contributed by atoms with Crippen LogP contribution in [0.2, 0.25) is 15.1 Å². The summed E-state index contributed by atoms with van der Waals surface area (Å²) in [5.74, 6) is 0.342. The van der Waals surface area contributed by atoms with Crippen molar-refractivity contribution in [3.8, 4) is 11.1 Å². The van der Waals surface area contributed by atoms with Gasteiger partial charge < -0.3 is 10.8 Å². The highest BCUT2D eigenvalue weighted by molar-refractivity contribution is 6.48. The lowest BCUT2D eigenvalue weighted by atomic mass is 10.0. The predicted octanol–water partition coefficient (Wildman–Crippen LogP) is 3.78. The van der Waals surface area contributed by atoms with E-state index in [2.05, 4.69) is 4.98 Å². The van der Waals surface area contributed by atoms with Gasteiger partial charge in [-0.3, -0.25) is 0 Å². The van der Waals surface area contributed by atoms with Gasteiger partial charge in [-0.1, -0.05) is 34.8 Å². The molecule has 0 bridgehead atoms. The molecular formula is C12H9Cl3N2O. The van der Waals surface area contributed by atoms with Gasteiger partial charge in [-0.05, 0) is 29.8 Å². The second-order valence-corrected chi connectivity index (χ2v) is 4.83. The largest absolute Gasteiger partial charge is 0.390 e. The first-order valence-corrected chi connectivity index (χ1v) is 6.17. The fraction of sp³-hybridized carbons (Fsp3) is 0.0833. The van der Waals surface area contributed by atoms with E-state index in [9.17, 15) is 5.11 Å². The van der Waals surface area contributed by atoms with Gasteiger partial charge >= 0.3 is 0 Å². The first-order chi connectivity index (χ1) is 8.52. The fourth-order valence-electron chi connectivity index (χ4n) is 1.61. The number of anilines is 1. The number of hydrogen-bond donors (Lipinski definition) is 2. The zero-order chi connectivity index (χ0) is 13.3. The maximum Gasteiger partial charge on any atom is 0.123 e. The van der Waals surface area contributed by atoms with Gasteiger partial charge in [0.2, 0.25) is 0 Å². The molecule has 0 atom stereocenters. The third-order valence-corrected chi connectivity index (χ3v) is 3.64. The van der Waals surface area contributed by atoms with Crippen molar-refractivity contribution in [2.75, 3.05) is 5.73 Å². The minimum Gasteiger partial charge on any atom is -0.390 e. The summed E-state index contributed by atoms with van der Waals surface area (Å²) in [5.41, 5.74) is 7.47. The quantitative estimate of drug-likeness (QED) is 0.830. The average Bonchev–Trinajstić information content (AvgIpc) is 2.35. The molecular weight excluding hydrogens is 295 g/mol. The summed E-state index contributed by atoms with van der Waals surface area (Å²) in [6.07, 6.45) is 0. The maximum atomic E-state index is 9.29. The average molecular weight is 304 g/mol. The number of halogens is 3. The normalized spacial score (nSPS) is 10.7. The predicted molar refractivity (Wildman–Crippen MR) is 75.0 cm³/mol. The van der Waals surface area contributed by atoms with Crippen LogP contribution >= 0.6 is 34.8 Å². The number of pyridine rings is 1. The number of aliphatic hydroxyl groups excluding tert-OH is 1. The number of nitrogens with two attached hydrogens (primary N) is 1. The molecule has 0 saturated carbocycles. The van der Waals surface area contributed by atoms with E-state index >= 15 is 0 Å². The Labute approximate surface area is 119 Å². The van der Waals surface area contributed by atoms with Crippen LogP contribution in [-0.2, 0) is 6.61 Å². The van der Waals surface area contributed by atoms with Crippen LogP contribution in [0.5, 0.6) is 0 Å². The van der Waals surface area contributed by atoms with Crippen LogP contribution in [-0.4, -0.2) is 10.1 Å². The lowest BCUT2D eigenvalue weighted by molar-refractivity contribution is 0.277. The fourth-order valence-corrected chi connectivity index (χ4v) is 2.21. The molecule has 94 valence electrons. The molecule has 0 amide bonds. The van der Waals surface area contributed by atoms with Crippen LogP contribution in [0, 0.1) is 0 Å². The van der Waals surface area contributed by atoms with E-state index in [0.717, 1.165) is 5.56 Å². The van der Waals surface area contributed by atoms with E-state index in [-0.39, 0.29) is 6.61 Å². The maximum absolute atomic E-state index is 9.29. The van der Waals surface area contributed by atoms with Gasteiger partial charge in [-0.25, -0.2) is 4.98 Å². The Morgan fingerprint density at radius 3 is 2.28 bits per heavy atom. The number of benzene rings is 1. The summed E-state index contributed by atoms with van der Waals surface area (Å²) < 4.78 is 0. The summed E-state index contributed by atoms with van der Waals surface area (Å²) >= 11 is 17.8. The van der Waals surface area contributed by atoms with Crippen molar-refractivity contribution in [1.29, 1.82) is 0 Å². The minimum absolute atomic E-state index is 0.224. The second-order valence-electron chi connectivity index (χ2n) is 3.64. The molecule has 0 fully saturated rings. The number of hydrogen-bond acceptors (Lipinski definition) is 3. The van der Waals surface area contributed by atoms with E-state index in [0.29, 0.717) is 32.1 Å². The molecule has 2 aromatic rings. The van der Waals surface area contributed by atoms with Crippen LogP contribution in [0.4, 0.5) is 5.82 Å². The Kier molecular flexibility index (Phi) is 3.97. The van der Waals surface area contributed by atoms with Crippen molar-refractivity contribution < 1.29 is 5.11 Å². The monoisotopic (exact) mass is 302 g/mol. The molecule has 3 N–H and O–H groups in total. The molecule has 0 saturated heterocycles. The second kappa shape index (κ2) is 5.33. The van der Waals surface area contributed by atoms with Crippen LogP contribution in [0.15, 0.2) is 24.3 Å². The first-order valence-electron chi connectivity index (χ1n) is 5.04. The Hall–Kier alpha value is -1.00. The molecule has 1 aromatic carbocycles. The highest BCUT2D eigenvalue weighted by Gasteiger charge is 2.11. The van der Waals surface area contributed by atoms with Gasteiger partial charge in [-0.2, -0.15) is 0 Å². The summed E-state index contributed by atoms with van der Waals surface area (Å²) in [6.45, 7) is -0.224. The topological polar surface area (TPSA) is 59.1 Å². The Balaban J connectivity index is 2.62. The Bertz CT molecular complexity index is 579. The highest BCUT2D eigenvalue weighted by Crippen LogP contribution is 2.36.